The Morgan fingerprint density at radius 2 is 1.89 bits per heavy atom. The number of aliphatic carboxylic acids is 1. The van der Waals surface area contributed by atoms with Crippen LogP contribution in [-0.4, -0.2) is 57.3 Å². The number of carboxylic acid groups (broad SMARTS) is 1. The fourth-order valence-electron chi connectivity index (χ4n) is 3.13. The molecule has 0 bridgehead atoms. The number of hydrogen-bond acceptors (Lipinski definition) is 6. The number of hydrogen-bond donors (Lipinski definition) is 3. The predicted molar refractivity (Wildman–Crippen MR) is 102 cm³/mol. The summed E-state index contributed by atoms with van der Waals surface area (Å²) in [5.74, 6) is -0.504. The van der Waals surface area contributed by atoms with Gasteiger partial charge in [0.2, 0.25) is 0 Å². The van der Waals surface area contributed by atoms with Crippen molar-refractivity contribution in [3.63, 3.8) is 0 Å². The first-order chi connectivity index (χ1) is 13.0. The zero-order valence-corrected chi connectivity index (χ0v) is 15.1. The van der Waals surface area contributed by atoms with Gasteiger partial charge in [-0.05, 0) is 43.7 Å². The number of likely N-dealkylation sites (N-methyl/N-ethyl adjacent to an activating group) is 1. The number of nitrogens with one attached hydrogen (secondary N) is 2. The Morgan fingerprint density at radius 3 is 2.48 bits per heavy atom. The average Bonchev–Trinajstić information content (AvgIpc) is 2.64. The number of carbonyl (C=O) groups is 2. The number of amides is 1. The summed E-state index contributed by atoms with van der Waals surface area (Å²) in [5.41, 5.74) is 0.948. The van der Waals surface area contributed by atoms with Crippen molar-refractivity contribution in [3.05, 3.63) is 48.2 Å². The van der Waals surface area contributed by atoms with Gasteiger partial charge in [-0.2, -0.15) is 0 Å². The summed E-state index contributed by atoms with van der Waals surface area (Å²) in [7, 11) is 0. The highest BCUT2D eigenvalue weighted by atomic mass is 16.4. The first-order valence-electron chi connectivity index (χ1n) is 8.97. The van der Waals surface area contributed by atoms with Crippen LogP contribution < -0.4 is 10.6 Å². The van der Waals surface area contributed by atoms with Gasteiger partial charge in [0.1, 0.15) is 5.82 Å². The van der Waals surface area contributed by atoms with Gasteiger partial charge in [-0.25, -0.2) is 0 Å². The van der Waals surface area contributed by atoms with E-state index in [0.717, 1.165) is 12.8 Å². The summed E-state index contributed by atoms with van der Waals surface area (Å²) in [6.07, 6.45) is 1.72. The van der Waals surface area contributed by atoms with Crippen LogP contribution in [0.1, 0.15) is 30.3 Å². The molecule has 0 saturated heterocycles. The zero-order chi connectivity index (χ0) is 19.2. The Morgan fingerprint density at radius 1 is 1.15 bits per heavy atom. The molecule has 2 aromatic rings. The Balaban J connectivity index is 1.49. The van der Waals surface area contributed by atoms with E-state index in [0.29, 0.717) is 18.1 Å². The number of nitrogens with zero attached hydrogens (tertiary/aromatic N) is 3. The van der Waals surface area contributed by atoms with Gasteiger partial charge in [0.05, 0.1) is 6.54 Å². The summed E-state index contributed by atoms with van der Waals surface area (Å²) >= 11 is 0. The van der Waals surface area contributed by atoms with Crippen molar-refractivity contribution in [2.75, 3.05) is 23.7 Å². The van der Waals surface area contributed by atoms with Crippen molar-refractivity contribution in [1.29, 1.82) is 0 Å². The van der Waals surface area contributed by atoms with E-state index in [-0.39, 0.29) is 30.2 Å². The summed E-state index contributed by atoms with van der Waals surface area (Å²) in [5, 5.41) is 23.0. The van der Waals surface area contributed by atoms with Gasteiger partial charge in [-0.15, -0.1) is 10.2 Å². The molecule has 1 saturated carbocycles. The lowest BCUT2D eigenvalue weighted by atomic mass is 9.85. The molecule has 0 aliphatic heterocycles. The molecule has 1 amide bonds. The van der Waals surface area contributed by atoms with Crippen molar-refractivity contribution in [1.82, 2.24) is 15.1 Å². The van der Waals surface area contributed by atoms with Gasteiger partial charge in [-0.3, -0.25) is 14.5 Å². The third-order valence-corrected chi connectivity index (χ3v) is 4.65. The lowest BCUT2D eigenvalue weighted by molar-refractivity contribution is -0.139. The van der Waals surface area contributed by atoms with E-state index in [1.54, 1.807) is 24.3 Å². The number of anilines is 2. The summed E-state index contributed by atoms with van der Waals surface area (Å²) in [6.45, 7) is 2.75. The smallest absolute Gasteiger partial charge is 0.317 e. The molecule has 3 rings (SSSR count). The molecule has 1 aliphatic rings. The van der Waals surface area contributed by atoms with Crippen molar-refractivity contribution >= 4 is 23.4 Å². The molecule has 1 aromatic carbocycles. The molecule has 27 heavy (non-hydrogen) atoms. The van der Waals surface area contributed by atoms with Crippen molar-refractivity contribution in [2.24, 2.45) is 0 Å². The van der Waals surface area contributed by atoms with Crippen LogP contribution in [0.4, 0.5) is 11.5 Å². The second kappa shape index (κ2) is 8.59. The normalized spacial score (nSPS) is 18.6. The van der Waals surface area contributed by atoms with E-state index >= 15 is 0 Å². The lowest BCUT2D eigenvalue weighted by Crippen LogP contribution is -2.51. The third-order valence-electron chi connectivity index (χ3n) is 4.65. The maximum Gasteiger partial charge on any atom is 0.317 e. The number of carboxylic acids is 1. The van der Waals surface area contributed by atoms with Gasteiger partial charge in [0.15, 0.2) is 5.69 Å². The summed E-state index contributed by atoms with van der Waals surface area (Å²) < 4.78 is 0. The van der Waals surface area contributed by atoms with Gasteiger partial charge < -0.3 is 15.7 Å². The van der Waals surface area contributed by atoms with E-state index in [9.17, 15) is 9.59 Å². The molecule has 1 fully saturated rings. The molecule has 1 heterocycles. The minimum Gasteiger partial charge on any atom is -0.480 e. The minimum absolute atomic E-state index is 0.0684. The van der Waals surface area contributed by atoms with Gasteiger partial charge in [-0.1, -0.05) is 25.1 Å². The number of benzene rings is 1. The Labute approximate surface area is 157 Å². The number of carbonyl (C=O) groups excluding carboxylic acids is 1. The molecule has 1 aliphatic carbocycles. The number of aromatic nitrogens is 2. The lowest BCUT2D eigenvalue weighted by Gasteiger charge is -2.42. The molecule has 8 nitrogen and oxygen atoms in total. The van der Waals surface area contributed by atoms with Crippen LogP contribution >= 0.6 is 0 Å². The standard InChI is InChI=1S/C19H23N5O3/c1-2-24(12-18(25)26)15-10-14(11-15)20-17-9-8-16(22-23-17)19(27)21-13-6-4-3-5-7-13/h3-9,14-15H,2,10-12H2,1H3,(H,20,23)(H,21,27)(H,25,26). The summed E-state index contributed by atoms with van der Waals surface area (Å²) in [4.78, 5) is 25.0. The van der Waals surface area contributed by atoms with Crippen molar-refractivity contribution in [3.8, 4) is 0 Å². The molecule has 0 unspecified atom stereocenters. The van der Waals surface area contributed by atoms with E-state index in [1.807, 2.05) is 30.0 Å². The maximum absolute atomic E-state index is 12.2. The minimum atomic E-state index is -0.802. The second-order valence-electron chi connectivity index (χ2n) is 6.55. The number of para-hydroxylation sites is 1. The van der Waals surface area contributed by atoms with E-state index in [4.69, 9.17) is 5.11 Å². The average molecular weight is 369 g/mol. The maximum atomic E-state index is 12.2. The van der Waals surface area contributed by atoms with Crippen LogP contribution in [0, 0.1) is 0 Å². The molecule has 3 N–H and O–H groups in total. The van der Waals surface area contributed by atoms with Crippen LogP contribution in [0.5, 0.6) is 0 Å². The molecular formula is C19H23N5O3. The summed E-state index contributed by atoms with van der Waals surface area (Å²) in [6, 6.07) is 13.0. The van der Waals surface area contributed by atoms with Gasteiger partial charge in [0, 0.05) is 17.8 Å². The molecule has 1 aromatic heterocycles. The Bertz CT molecular complexity index is 776. The molecular weight excluding hydrogens is 346 g/mol. The quantitative estimate of drug-likeness (QED) is 0.654. The third kappa shape index (κ3) is 5.01. The predicted octanol–water partition coefficient (Wildman–Crippen LogP) is 2.08. The van der Waals surface area contributed by atoms with Crippen LogP contribution in [0.25, 0.3) is 0 Å². The van der Waals surface area contributed by atoms with Gasteiger partial charge >= 0.3 is 5.97 Å². The molecule has 0 atom stereocenters. The zero-order valence-electron chi connectivity index (χ0n) is 15.1. The molecule has 8 heteroatoms. The molecule has 142 valence electrons. The fourth-order valence-corrected chi connectivity index (χ4v) is 3.13. The molecule has 0 radical (unpaired) electrons. The SMILES string of the molecule is CCN(CC(=O)O)C1CC(Nc2ccc(C(=O)Nc3ccccc3)nn2)C1. The van der Waals surface area contributed by atoms with Crippen LogP contribution in [0.2, 0.25) is 0 Å². The van der Waals surface area contributed by atoms with Crippen LogP contribution in [-0.2, 0) is 4.79 Å². The van der Waals surface area contributed by atoms with Crippen LogP contribution in [0.15, 0.2) is 42.5 Å². The highest BCUT2D eigenvalue weighted by molar-refractivity contribution is 6.02. The highest BCUT2D eigenvalue weighted by Gasteiger charge is 2.33. The van der Waals surface area contributed by atoms with E-state index in [2.05, 4.69) is 20.8 Å². The first-order valence-corrected chi connectivity index (χ1v) is 8.97. The van der Waals surface area contributed by atoms with Crippen molar-refractivity contribution in [2.45, 2.75) is 31.8 Å². The second-order valence-corrected chi connectivity index (χ2v) is 6.55. The largest absolute Gasteiger partial charge is 0.480 e. The topological polar surface area (TPSA) is 107 Å². The van der Waals surface area contributed by atoms with Crippen LogP contribution in [0.3, 0.4) is 0 Å². The fraction of sp³-hybridized carbons (Fsp3) is 0.368. The monoisotopic (exact) mass is 369 g/mol. The van der Waals surface area contributed by atoms with Crippen molar-refractivity contribution < 1.29 is 14.7 Å². The Hall–Kier alpha value is -3.00. The molecule has 0 spiro atoms. The number of rotatable bonds is 8. The highest BCUT2D eigenvalue weighted by Crippen LogP contribution is 2.28. The Kier molecular flexibility index (Phi) is 5.97. The first kappa shape index (κ1) is 18.8. The van der Waals surface area contributed by atoms with E-state index in [1.165, 1.54) is 0 Å². The van der Waals surface area contributed by atoms with E-state index < -0.39 is 5.97 Å². The van der Waals surface area contributed by atoms with Gasteiger partial charge in [0.25, 0.3) is 5.91 Å².